The molecule has 1 aliphatic heterocycles. The largest absolute Gasteiger partial charge is 0.349 e. The Labute approximate surface area is 153 Å². The second kappa shape index (κ2) is 6.90. The van der Waals surface area contributed by atoms with E-state index in [-0.39, 0.29) is 30.2 Å². The van der Waals surface area contributed by atoms with Gasteiger partial charge in [-0.1, -0.05) is 12.1 Å². The minimum Gasteiger partial charge on any atom is -0.349 e. The Morgan fingerprint density at radius 3 is 2.92 bits per heavy atom. The van der Waals surface area contributed by atoms with Crippen molar-refractivity contribution in [2.24, 2.45) is 5.92 Å². The lowest BCUT2D eigenvalue weighted by Gasteiger charge is -2.19. The molecule has 1 fully saturated rings. The predicted octanol–water partition coefficient (Wildman–Crippen LogP) is 2.80. The van der Waals surface area contributed by atoms with Crippen molar-refractivity contribution >= 4 is 17.5 Å². The van der Waals surface area contributed by atoms with Crippen molar-refractivity contribution in [3.8, 4) is 0 Å². The molecule has 0 spiro atoms. The first kappa shape index (κ1) is 16.8. The number of aryl methyl sites for hydroxylation is 2. The zero-order chi connectivity index (χ0) is 18.1. The third kappa shape index (κ3) is 3.21. The lowest BCUT2D eigenvalue weighted by atomic mass is 10.1. The van der Waals surface area contributed by atoms with Crippen molar-refractivity contribution in [2.45, 2.75) is 38.6 Å². The molecule has 26 heavy (non-hydrogen) atoms. The third-order valence-corrected chi connectivity index (χ3v) is 5.43. The monoisotopic (exact) mass is 349 g/mol. The summed E-state index contributed by atoms with van der Waals surface area (Å²) in [6, 6.07) is 9.93. The van der Waals surface area contributed by atoms with Gasteiger partial charge in [-0.3, -0.25) is 14.6 Å². The molecule has 0 bridgehead atoms. The lowest BCUT2D eigenvalue weighted by Crippen LogP contribution is -2.34. The van der Waals surface area contributed by atoms with E-state index in [9.17, 15) is 9.59 Å². The Balaban J connectivity index is 1.43. The summed E-state index contributed by atoms with van der Waals surface area (Å²) in [6.07, 6.45) is 7.12. The van der Waals surface area contributed by atoms with E-state index < -0.39 is 0 Å². The molecular formula is C21H23N3O2. The van der Waals surface area contributed by atoms with Gasteiger partial charge >= 0.3 is 0 Å². The Kier molecular flexibility index (Phi) is 4.45. The molecule has 0 saturated carbocycles. The van der Waals surface area contributed by atoms with Crippen LogP contribution in [0.4, 0.5) is 5.69 Å². The summed E-state index contributed by atoms with van der Waals surface area (Å²) in [5, 5.41) is 3.01. The van der Waals surface area contributed by atoms with Crippen LogP contribution in [-0.4, -0.2) is 23.3 Å². The van der Waals surface area contributed by atoms with Gasteiger partial charge in [-0.15, -0.1) is 0 Å². The highest BCUT2D eigenvalue weighted by Gasteiger charge is 2.35. The zero-order valence-corrected chi connectivity index (χ0v) is 14.9. The summed E-state index contributed by atoms with van der Waals surface area (Å²) in [7, 11) is 0. The van der Waals surface area contributed by atoms with Crippen molar-refractivity contribution in [3.05, 3.63) is 59.4 Å². The minimum atomic E-state index is -0.310. The highest BCUT2D eigenvalue weighted by molar-refractivity contribution is 6.00. The van der Waals surface area contributed by atoms with Crippen LogP contribution in [0, 0.1) is 5.92 Å². The number of carbonyl (C=O) groups is 2. The van der Waals surface area contributed by atoms with Gasteiger partial charge < -0.3 is 10.2 Å². The quantitative estimate of drug-likeness (QED) is 0.923. The van der Waals surface area contributed by atoms with Gasteiger partial charge in [-0.2, -0.15) is 0 Å². The maximum absolute atomic E-state index is 12.6. The molecule has 4 rings (SSSR count). The van der Waals surface area contributed by atoms with Gasteiger partial charge in [0.25, 0.3) is 0 Å². The molecule has 1 aromatic heterocycles. The van der Waals surface area contributed by atoms with Gasteiger partial charge in [0, 0.05) is 31.0 Å². The standard InChI is InChI=1S/C21H23N3O2/c1-14(17-6-3-9-22-12-17)23-21(26)18-11-20(25)24(13-18)19-8-7-15-4-2-5-16(15)10-19/h3,6-10,12,14,18H,2,4-5,11,13H2,1H3,(H,23,26)/t14-,18-/m0/s1. The SMILES string of the molecule is C[C@H](NC(=O)[C@H]1CC(=O)N(c2ccc3c(c2)CCC3)C1)c1cccnc1. The number of benzene rings is 1. The number of anilines is 1. The minimum absolute atomic E-state index is 0.0251. The fourth-order valence-corrected chi connectivity index (χ4v) is 3.91. The van der Waals surface area contributed by atoms with Crippen LogP contribution in [-0.2, 0) is 22.4 Å². The number of nitrogens with one attached hydrogen (secondary N) is 1. The normalized spacial score (nSPS) is 20.1. The number of rotatable bonds is 4. The van der Waals surface area contributed by atoms with Crippen LogP contribution in [0.1, 0.15) is 42.5 Å². The van der Waals surface area contributed by atoms with Crippen molar-refractivity contribution in [2.75, 3.05) is 11.4 Å². The molecule has 1 N–H and O–H groups in total. The maximum Gasteiger partial charge on any atom is 0.227 e. The second-order valence-electron chi connectivity index (χ2n) is 7.23. The fourth-order valence-electron chi connectivity index (χ4n) is 3.91. The summed E-state index contributed by atoms with van der Waals surface area (Å²) < 4.78 is 0. The predicted molar refractivity (Wildman–Crippen MR) is 99.7 cm³/mol. The number of carbonyl (C=O) groups excluding carboxylic acids is 2. The molecule has 1 aromatic carbocycles. The van der Waals surface area contributed by atoms with Gasteiger partial charge in [0.1, 0.15) is 0 Å². The van der Waals surface area contributed by atoms with Crippen LogP contribution >= 0.6 is 0 Å². The molecule has 0 unspecified atom stereocenters. The van der Waals surface area contributed by atoms with E-state index in [1.165, 1.54) is 17.5 Å². The van der Waals surface area contributed by atoms with Crippen LogP contribution in [0.2, 0.25) is 0 Å². The molecule has 1 saturated heterocycles. The molecule has 2 aliphatic rings. The summed E-state index contributed by atoms with van der Waals surface area (Å²) in [5.74, 6) is -0.356. The van der Waals surface area contributed by atoms with E-state index >= 15 is 0 Å². The van der Waals surface area contributed by atoms with Crippen molar-refractivity contribution < 1.29 is 9.59 Å². The van der Waals surface area contributed by atoms with Crippen LogP contribution in [0.15, 0.2) is 42.7 Å². The van der Waals surface area contributed by atoms with E-state index in [1.807, 2.05) is 25.1 Å². The van der Waals surface area contributed by atoms with E-state index in [0.717, 1.165) is 24.1 Å². The molecule has 2 atom stereocenters. The summed E-state index contributed by atoms with van der Waals surface area (Å²) in [5.41, 5.74) is 4.61. The average molecular weight is 349 g/mol. The highest BCUT2D eigenvalue weighted by Crippen LogP contribution is 2.30. The Morgan fingerprint density at radius 2 is 2.12 bits per heavy atom. The third-order valence-electron chi connectivity index (χ3n) is 5.43. The highest BCUT2D eigenvalue weighted by atomic mass is 16.2. The molecular weight excluding hydrogens is 326 g/mol. The van der Waals surface area contributed by atoms with E-state index in [1.54, 1.807) is 17.3 Å². The lowest BCUT2D eigenvalue weighted by molar-refractivity contribution is -0.126. The molecule has 134 valence electrons. The van der Waals surface area contributed by atoms with Gasteiger partial charge in [-0.05, 0) is 61.1 Å². The van der Waals surface area contributed by atoms with E-state index in [4.69, 9.17) is 0 Å². The molecule has 0 radical (unpaired) electrons. The molecule has 5 heteroatoms. The molecule has 2 heterocycles. The van der Waals surface area contributed by atoms with Crippen LogP contribution in [0.25, 0.3) is 0 Å². The van der Waals surface area contributed by atoms with Crippen LogP contribution < -0.4 is 10.2 Å². The van der Waals surface area contributed by atoms with E-state index in [0.29, 0.717) is 6.54 Å². The Bertz CT molecular complexity index is 834. The van der Waals surface area contributed by atoms with Gasteiger partial charge in [0.2, 0.25) is 11.8 Å². The van der Waals surface area contributed by atoms with Crippen LogP contribution in [0.5, 0.6) is 0 Å². The number of hydrogen-bond donors (Lipinski definition) is 1. The summed E-state index contributed by atoms with van der Waals surface area (Å²) >= 11 is 0. The van der Waals surface area contributed by atoms with Crippen LogP contribution in [0.3, 0.4) is 0 Å². The molecule has 1 aliphatic carbocycles. The van der Waals surface area contributed by atoms with Crippen molar-refractivity contribution in [1.82, 2.24) is 10.3 Å². The fraction of sp³-hybridized carbons (Fsp3) is 0.381. The molecule has 2 aromatic rings. The molecule has 2 amide bonds. The Hall–Kier alpha value is -2.69. The number of amides is 2. The summed E-state index contributed by atoms with van der Waals surface area (Å²) in [4.78, 5) is 31.0. The maximum atomic E-state index is 12.6. The molecule has 5 nitrogen and oxygen atoms in total. The zero-order valence-electron chi connectivity index (χ0n) is 14.9. The van der Waals surface area contributed by atoms with E-state index in [2.05, 4.69) is 22.4 Å². The smallest absolute Gasteiger partial charge is 0.227 e. The van der Waals surface area contributed by atoms with Crippen molar-refractivity contribution in [3.63, 3.8) is 0 Å². The number of hydrogen-bond acceptors (Lipinski definition) is 3. The van der Waals surface area contributed by atoms with Crippen molar-refractivity contribution in [1.29, 1.82) is 0 Å². The summed E-state index contributed by atoms with van der Waals surface area (Å²) in [6.45, 7) is 2.38. The number of nitrogens with zero attached hydrogens (tertiary/aromatic N) is 2. The second-order valence-corrected chi connectivity index (χ2v) is 7.23. The number of pyridine rings is 1. The first-order chi connectivity index (χ1) is 12.6. The first-order valence-corrected chi connectivity index (χ1v) is 9.24. The Morgan fingerprint density at radius 1 is 1.27 bits per heavy atom. The van der Waals surface area contributed by atoms with Gasteiger partial charge in [0.15, 0.2) is 0 Å². The van der Waals surface area contributed by atoms with Gasteiger partial charge in [0.05, 0.1) is 12.0 Å². The number of fused-ring (bicyclic) bond motifs is 1. The first-order valence-electron chi connectivity index (χ1n) is 9.24. The average Bonchev–Trinajstić information content (AvgIpc) is 3.28. The topological polar surface area (TPSA) is 62.3 Å². The number of aromatic nitrogens is 1. The van der Waals surface area contributed by atoms with Gasteiger partial charge in [-0.25, -0.2) is 0 Å².